The van der Waals surface area contributed by atoms with E-state index in [1.807, 2.05) is 4.98 Å². The van der Waals surface area contributed by atoms with Crippen LogP contribution in [-0.2, 0) is 4.79 Å². The Morgan fingerprint density at radius 2 is 1.90 bits per heavy atom. The molecule has 0 bridgehead atoms. The van der Waals surface area contributed by atoms with E-state index < -0.39 is 23.1 Å². The van der Waals surface area contributed by atoms with Crippen LogP contribution in [0, 0.1) is 0 Å². The Morgan fingerprint density at radius 1 is 1.14 bits per heavy atom. The highest BCUT2D eigenvalue weighted by Gasteiger charge is 2.22. The second kappa shape index (κ2) is 6.35. The molecule has 3 N–H and O–H groups in total. The lowest BCUT2D eigenvalue weighted by molar-refractivity contribution is -0.138. The maximum absolute atomic E-state index is 12.3. The predicted molar refractivity (Wildman–Crippen MR) is 72.3 cm³/mol. The fraction of sp³-hybridized carbons (Fsp3) is 0.500. The van der Waals surface area contributed by atoms with E-state index in [0.717, 1.165) is 6.07 Å². The fourth-order valence-corrected chi connectivity index (χ4v) is 2.28. The minimum atomic E-state index is -0.909. The largest absolute Gasteiger partial charge is 0.480 e. The zero-order valence-corrected chi connectivity index (χ0v) is 11.3. The highest BCUT2D eigenvalue weighted by molar-refractivity contribution is 5.92. The molecule has 2 rings (SSSR count). The third-order valence-electron chi connectivity index (χ3n) is 3.23. The van der Waals surface area contributed by atoms with Crippen LogP contribution in [0.4, 0.5) is 0 Å². The van der Waals surface area contributed by atoms with Crippen LogP contribution in [0.1, 0.15) is 16.9 Å². The summed E-state index contributed by atoms with van der Waals surface area (Å²) in [4.78, 5) is 52.9. The molecule has 1 fully saturated rings. The van der Waals surface area contributed by atoms with Gasteiger partial charge < -0.3 is 15.0 Å². The molecular formula is C12H16N4O5. The van der Waals surface area contributed by atoms with E-state index in [0.29, 0.717) is 32.6 Å². The summed E-state index contributed by atoms with van der Waals surface area (Å²) in [5.74, 6) is -1.34. The quantitative estimate of drug-likeness (QED) is 0.610. The molecule has 0 saturated carbocycles. The first kappa shape index (κ1) is 15.0. The molecule has 1 aromatic heterocycles. The molecule has 1 aliphatic heterocycles. The van der Waals surface area contributed by atoms with Crippen molar-refractivity contribution in [3.8, 4) is 0 Å². The molecule has 9 heteroatoms. The molecule has 21 heavy (non-hydrogen) atoms. The van der Waals surface area contributed by atoms with Gasteiger partial charge >= 0.3 is 11.7 Å². The minimum absolute atomic E-state index is 0.0598. The van der Waals surface area contributed by atoms with Gasteiger partial charge in [-0.3, -0.25) is 24.3 Å². The van der Waals surface area contributed by atoms with Crippen molar-refractivity contribution in [2.45, 2.75) is 6.42 Å². The normalized spacial score (nSPS) is 16.5. The maximum Gasteiger partial charge on any atom is 0.326 e. The lowest BCUT2D eigenvalue weighted by Gasteiger charge is -2.20. The molecule has 9 nitrogen and oxygen atoms in total. The number of hydrogen-bond donors (Lipinski definition) is 3. The van der Waals surface area contributed by atoms with E-state index in [2.05, 4.69) is 4.98 Å². The van der Waals surface area contributed by atoms with Crippen LogP contribution in [0.3, 0.4) is 0 Å². The highest BCUT2D eigenvalue weighted by atomic mass is 16.4. The average molecular weight is 296 g/mol. The van der Waals surface area contributed by atoms with Crippen LogP contribution in [0.15, 0.2) is 15.7 Å². The van der Waals surface area contributed by atoms with Gasteiger partial charge in [-0.1, -0.05) is 0 Å². The fourth-order valence-electron chi connectivity index (χ4n) is 2.28. The van der Waals surface area contributed by atoms with Gasteiger partial charge in [-0.2, -0.15) is 0 Å². The van der Waals surface area contributed by atoms with E-state index in [1.54, 1.807) is 4.90 Å². The van der Waals surface area contributed by atoms with E-state index in [1.165, 1.54) is 4.90 Å². The molecule has 0 atom stereocenters. The van der Waals surface area contributed by atoms with Crippen molar-refractivity contribution in [2.75, 3.05) is 32.7 Å². The Bertz CT molecular complexity index is 621. The molecule has 1 aromatic rings. The number of hydrogen-bond acceptors (Lipinski definition) is 5. The summed E-state index contributed by atoms with van der Waals surface area (Å²) in [6.45, 7) is 1.75. The minimum Gasteiger partial charge on any atom is -0.480 e. The second-order valence-electron chi connectivity index (χ2n) is 4.82. The Morgan fingerprint density at radius 3 is 2.57 bits per heavy atom. The van der Waals surface area contributed by atoms with Crippen LogP contribution in [0.5, 0.6) is 0 Å². The maximum atomic E-state index is 12.3. The number of H-pyrrole nitrogens is 2. The molecule has 1 saturated heterocycles. The molecule has 114 valence electrons. The van der Waals surface area contributed by atoms with Crippen LogP contribution in [0.2, 0.25) is 0 Å². The first-order valence-corrected chi connectivity index (χ1v) is 6.53. The Balaban J connectivity index is 2.08. The Hall–Kier alpha value is -2.42. The van der Waals surface area contributed by atoms with Crippen molar-refractivity contribution >= 4 is 11.9 Å². The van der Waals surface area contributed by atoms with Gasteiger partial charge in [0.25, 0.3) is 11.5 Å². The molecule has 0 unspecified atom stereocenters. The number of aromatic amines is 2. The zero-order valence-electron chi connectivity index (χ0n) is 11.3. The summed E-state index contributed by atoms with van der Waals surface area (Å²) in [6, 6.07) is 1.05. The summed E-state index contributed by atoms with van der Waals surface area (Å²) < 4.78 is 0. The molecule has 0 radical (unpaired) electrons. The van der Waals surface area contributed by atoms with Gasteiger partial charge in [0.2, 0.25) is 0 Å². The predicted octanol–water partition coefficient (Wildman–Crippen LogP) is -1.70. The number of carbonyl (C=O) groups excluding carboxylic acids is 1. The smallest absolute Gasteiger partial charge is 0.326 e. The Kier molecular flexibility index (Phi) is 4.53. The molecule has 0 spiro atoms. The number of amides is 1. The lowest BCUT2D eigenvalue weighted by Crippen LogP contribution is -2.38. The Labute approximate surface area is 119 Å². The first-order valence-electron chi connectivity index (χ1n) is 6.53. The topological polar surface area (TPSA) is 127 Å². The van der Waals surface area contributed by atoms with Gasteiger partial charge in [0.05, 0.1) is 6.54 Å². The van der Waals surface area contributed by atoms with Crippen LogP contribution in [0.25, 0.3) is 0 Å². The number of aromatic nitrogens is 2. The van der Waals surface area contributed by atoms with Gasteiger partial charge in [0.15, 0.2) is 0 Å². The third kappa shape index (κ3) is 4.02. The van der Waals surface area contributed by atoms with Gasteiger partial charge in [0, 0.05) is 32.2 Å². The average Bonchev–Trinajstić information content (AvgIpc) is 2.61. The van der Waals surface area contributed by atoms with Gasteiger partial charge in [-0.05, 0) is 6.42 Å². The summed E-state index contributed by atoms with van der Waals surface area (Å²) >= 11 is 0. The van der Waals surface area contributed by atoms with Crippen molar-refractivity contribution in [2.24, 2.45) is 0 Å². The molecule has 0 aliphatic carbocycles. The number of nitrogens with zero attached hydrogens (tertiary/aromatic N) is 2. The molecule has 0 aromatic carbocycles. The monoisotopic (exact) mass is 296 g/mol. The van der Waals surface area contributed by atoms with Crippen LogP contribution >= 0.6 is 0 Å². The van der Waals surface area contributed by atoms with Gasteiger partial charge in [-0.15, -0.1) is 0 Å². The third-order valence-corrected chi connectivity index (χ3v) is 3.23. The van der Waals surface area contributed by atoms with Crippen LogP contribution in [-0.4, -0.2) is 69.5 Å². The number of nitrogens with one attached hydrogen (secondary N) is 2. The summed E-state index contributed by atoms with van der Waals surface area (Å²) in [6.07, 6.45) is 0.631. The number of aliphatic carboxylic acids is 1. The number of rotatable bonds is 3. The standard InChI is InChI=1S/C12H16N4O5/c17-9-6-8(13-12(21)14-9)11(20)16-3-1-2-15(4-5-16)7-10(18)19/h6H,1-5,7H2,(H,18,19)(H2,13,14,17,21). The lowest BCUT2D eigenvalue weighted by atomic mass is 10.3. The molecule has 1 aliphatic rings. The first-order chi connectivity index (χ1) is 9.95. The summed E-state index contributed by atoms with van der Waals surface area (Å²) in [5.41, 5.74) is -1.42. The van der Waals surface area contributed by atoms with Crippen molar-refractivity contribution < 1.29 is 14.7 Å². The van der Waals surface area contributed by atoms with Gasteiger partial charge in [0.1, 0.15) is 5.69 Å². The van der Waals surface area contributed by atoms with Crippen molar-refractivity contribution in [1.82, 2.24) is 19.8 Å². The van der Waals surface area contributed by atoms with Crippen molar-refractivity contribution in [3.05, 3.63) is 32.6 Å². The van der Waals surface area contributed by atoms with Crippen molar-refractivity contribution in [3.63, 3.8) is 0 Å². The van der Waals surface area contributed by atoms with E-state index in [-0.39, 0.29) is 12.2 Å². The molecular weight excluding hydrogens is 280 g/mol. The number of carbonyl (C=O) groups is 2. The molecule has 2 heterocycles. The molecule has 1 amide bonds. The second-order valence-corrected chi connectivity index (χ2v) is 4.82. The highest BCUT2D eigenvalue weighted by Crippen LogP contribution is 2.06. The van der Waals surface area contributed by atoms with Gasteiger partial charge in [-0.25, -0.2) is 4.79 Å². The number of carboxylic acid groups (broad SMARTS) is 1. The van der Waals surface area contributed by atoms with Crippen molar-refractivity contribution in [1.29, 1.82) is 0 Å². The van der Waals surface area contributed by atoms with Crippen LogP contribution < -0.4 is 11.2 Å². The number of carboxylic acids is 1. The zero-order chi connectivity index (χ0) is 15.4. The summed E-state index contributed by atoms with van der Waals surface area (Å²) in [7, 11) is 0. The van der Waals surface area contributed by atoms with E-state index in [9.17, 15) is 19.2 Å². The van der Waals surface area contributed by atoms with E-state index in [4.69, 9.17) is 5.11 Å². The summed E-state index contributed by atoms with van der Waals surface area (Å²) in [5, 5.41) is 8.77. The van der Waals surface area contributed by atoms with E-state index >= 15 is 0 Å². The SMILES string of the molecule is O=C(O)CN1CCCN(C(=O)c2cc(=O)[nH]c(=O)[nH]2)CC1.